The van der Waals surface area contributed by atoms with Crippen molar-refractivity contribution in [2.24, 2.45) is 0 Å². The van der Waals surface area contributed by atoms with Gasteiger partial charge < -0.3 is 5.32 Å². The van der Waals surface area contributed by atoms with Gasteiger partial charge in [-0.25, -0.2) is 4.98 Å². The molecule has 0 fully saturated rings. The Morgan fingerprint density at radius 3 is 2.71 bits per heavy atom. The summed E-state index contributed by atoms with van der Waals surface area (Å²) in [6.45, 7) is 0. The summed E-state index contributed by atoms with van der Waals surface area (Å²) in [4.78, 5) is 15.8. The van der Waals surface area contributed by atoms with Crippen LogP contribution in [0.5, 0.6) is 0 Å². The molecule has 1 N–H and O–H groups in total. The number of hydrogen-bond acceptors (Lipinski definition) is 2. The minimum absolute atomic E-state index is 0.205. The van der Waals surface area contributed by atoms with Crippen molar-refractivity contribution in [3.63, 3.8) is 0 Å². The van der Waals surface area contributed by atoms with Crippen LogP contribution in [0.4, 0.5) is 5.69 Å². The maximum Gasteiger partial charge on any atom is 0.258 e. The molecule has 0 spiro atoms. The lowest BCUT2D eigenvalue weighted by Crippen LogP contribution is -2.13. The normalized spacial score (nSPS) is 10.0. The lowest BCUT2D eigenvalue weighted by molar-refractivity contribution is 0.102. The molecule has 0 saturated heterocycles. The molecular weight excluding hydrogens is 351 g/mol. The van der Waals surface area contributed by atoms with E-state index < -0.39 is 0 Å². The van der Waals surface area contributed by atoms with Crippen molar-refractivity contribution in [2.75, 3.05) is 5.32 Å². The molecule has 17 heavy (non-hydrogen) atoms. The molecule has 0 unspecified atom stereocenters. The SMILES string of the molecule is O=C(Nc1ccccc1I)c1cccnc1Cl. The highest BCUT2D eigenvalue weighted by Crippen LogP contribution is 2.19. The van der Waals surface area contributed by atoms with Gasteiger partial charge in [-0.3, -0.25) is 4.79 Å². The van der Waals surface area contributed by atoms with Crippen LogP contribution in [0.15, 0.2) is 42.6 Å². The number of pyridine rings is 1. The summed E-state index contributed by atoms with van der Waals surface area (Å²) in [5.74, 6) is -0.257. The van der Waals surface area contributed by atoms with Gasteiger partial charge in [0.1, 0.15) is 5.15 Å². The molecule has 0 aliphatic heterocycles. The minimum atomic E-state index is -0.257. The molecule has 3 nitrogen and oxygen atoms in total. The van der Waals surface area contributed by atoms with Crippen LogP contribution in [-0.4, -0.2) is 10.9 Å². The molecule has 0 saturated carbocycles. The number of para-hydroxylation sites is 1. The van der Waals surface area contributed by atoms with Crippen LogP contribution in [0.1, 0.15) is 10.4 Å². The number of carbonyl (C=O) groups excluding carboxylic acids is 1. The zero-order chi connectivity index (χ0) is 12.3. The molecule has 0 atom stereocenters. The van der Waals surface area contributed by atoms with Crippen molar-refractivity contribution in [1.82, 2.24) is 4.98 Å². The number of nitrogens with one attached hydrogen (secondary N) is 1. The van der Waals surface area contributed by atoms with Gasteiger partial charge in [-0.1, -0.05) is 23.7 Å². The molecule has 0 radical (unpaired) electrons. The van der Waals surface area contributed by atoms with E-state index in [9.17, 15) is 4.79 Å². The number of aromatic nitrogens is 1. The predicted molar refractivity (Wildman–Crippen MR) is 76.4 cm³/mol. The third kappa shape index (κ3) is 2.95. The van der Waals surface area contributed by atoms with E-state index in [2.05, 4.69) is 32.9 Å². The van der Waals surface area contributed by atoms with Crippen molar-refractivity contribution >= 4 is 45.8 Å². The molecule has 2 aromatic rings. The van der Waals surface area contributed by atoms with Crippen molar-refractivity contribution in [3.8, 4) is 0 Å². The smallest absolute Gasteiger partial charge is 0.258 e. The van der Waals surface area contributed by atoms with Crippen LogP contribution < -0.4 is 5.32 Å². The maximum atomic E-state index is 11.9. The van der Waals surface area contributed by atoms with Crippen molar-refractivity contribution in [3.05, 3.63) is 56.9 Å². The van der Waals surface area contributed by atoms with E-state index >= 15 is 0 Å². The maximum absolute atomic E-state index is 11.9. The molecule has 1 heterocycles. The second-order valence-electron chi connectivity index (χ2n) is 3.28. The van der Waals surface area contributed by atoms with E-state index in [-0.39, 0.29) is 11.1 Å². The summed E-state index contributed by atoms with van der Waals surface area (Å²) in [6, 6.07) is 10.8. The van der Waals surface area contributed by atoms with Gasteiger partial charge in [0.25, 0.3) is 5.91 Å². The lowest BCUT2D eigenvalue weighted by Gasteiger charge is -2.07. The molecule has 1 aromatic heterocycles. The van der Waals surface area contributed by atoms with Gasteiger partial charge >= 0.3 is 0 Å². The van der Waals surface area contributed by atoms with E-state index in [1.165, 1.54) is 0 Å². The predicted octanol–water partition coefficient (Wildman–Crippen LogP) is 3.59. The van der Waals surface area contributed by atoms with Crippen molar-refractivity contribution < 1.29 is 4.79 Å². The quantitative estimate of drug-likeness (QED) is 0.658. The Labute approximate surface area is 117 Å². The van der Waals surface area contributed by atoms with E-state index in [1.54, 1.807) is 18.3 Å². The van der Waals surface area contributed by atoms with Gasteiger partial charge in [0.05, 0.1) is 11.3 Å². The van der Waals surface area contributed by atoms with Crippen LogP contribution in [0.3, 0.4) is 0 Å². The number of hydrogen-bond donors (Lipinski definition) is 1. The molecule has 0 bridgehead atoms. The second-order valence-corrected chi connectivity index (χ2v) is 4.80. The first-order valence-corrected chi connectivity index (χ1v) is 6.30. The Balaban J connectivity index is 2.24. The summed E-state index contributed by atoms with van der Waals surface area (Å²) < 4.78 is 0.971. The van der Waals surface area contributed by atoms with Crippen LogP contribution >= 0.6 is 34.2 Å². The Morgan fingerprint density at radius 2 is 2.00 bits per heavy atom. The summed E-state index contributed by atoms with van der Waals surface area (Å²) in [7, 11) is 0. The molecule has 86 valence electrons. The molecule has 5 heteroatoms. The molecule has 0 aliphatic carbocycles. The van der Waals surface area contributed by atoms with Crippen LogP contribution in [0.2, 0.25) is 5.15 Å². The number of anilines is 1. The summed E-state index contributed by atoms with van der Waals surface area (Å²) >= 11 is 8.01. The van der Waals surface area contributed by atoms with Gasteiger partial charge in [0.15, 0.2) is 0 Å². The zero-order valence-corrected chi connectivity index (χ0v) is 11.6. The topological polar surface area (TPSA) is 42.0 Å². The van der Waals surface area contributed by atoms with Gasteiger partial charge in [-0.05, 0) is 46.9 Å². The number of halogens is 2. The zero-order valence-electron chi connectivity index (χ0n) is 8.65. The van der Waals surface area contributed by atoms with E-state index in [4.69, 9.17) is 11.6 Å². The Bertz CT molecular complexity index is 560. The highest BCUT2D eigenvalue weighted by atomic mass is 127. The fourth-order valence-corrected chi connectivity index (χ4v) is 2.04. The first-order chi connectivity index (χ1) is 8.18. The molecule has 0 aliphatic rings. The van der Waals surface area contributed by atoms with Crippen LogP contribution in [0, 0.1) is 3.57 Å². The number of rotatable bonds is 2. The molecular formula is C12H8ClIN2O. The Morgan fingerprint density at radius 1 is 1.24 bits per heavy atom. The van der Waals surface area contributed by atoms with Crippen molar-refractivity contribution in [1.29, 1.82) is 0 Å². The largest absolute Gasteiger partial charge is 0.321 e. The third-order valence-electron chi connectivity index (χ3n) is 2.13. The highest BCUT2D eigenvalue weighted by Gasteiger charge is 2.11. The van der Waals surface area contributed by atoms with E-state index in [0.29, 0.717) is 5.56 Å². The number of carbonyl (C=O) groups is 1. The first kappa shape index (κ1) is 12.3. The van der Waals surface area contributed by atoms with Gasteiger partial charge in [0.2, 0.25) is 0 Å². The lowest BCUT2D eigenvalue weighted by atomic mass is 10.2. The third-order valence-corrected chi connectivity index (χ3v) is 3.37. The number of amides is 1. The summed E-state index contributed by atoms with van der Waals surface area (Å²) in [5.41, 5.74) is 1.13. The Kier molecular flexibility index (Phi) is 3.96. The molecule has 1 amide bonds. The number of nitrogens with zero attached hydrogens (tertiary/aromatic N) is 1. The minimum Gasteiger partial charge on any atom is -0.321 e. The van der Waals surface area contributed by atoms with Gasteiger partial charge in [0, 0.05) is 9.77 Å². The van der Waals surface area contributed by atoms with E-state index in [0.717, 1.165) is 9.26 Å². The average Bonchev–Trinajstić information content (AvgIpc) is 2.32. The van der Waals surface area contributed by atoms with Crippen molar-refractivity contribution in [2.45, 2.75) is 0 Å². The summed E-state index contributed by atoms with van der Waals surface area (Å²) in [5, 5.41) is 3.00. The van der Waals surface area contributed by atoms with Gasteiger partial charge in [-0.15, -0.1) is 0 Å². The average molecular weight is 359 g/mol. The van der Waals surface area contributed by atoms with E-state index in [1.807, 2.05) is 24.3 Å². The number of benzene rings is 1. The second kappa shape index (κ2) is 5.46. The first-order valence-electron chi connectivity index (χ1n) is 4.85. The molecule has 2 rings (SSSR count). The standard InChI is InChI=1S/C12H8ClIN2O/c13-11-8(4-3-7-15-11)12(17)16-10-6-2-1-5-9(10)14/h1-7H,(H,16,17). The van der Waals surface area contributed by atoms with Crippen LogP contribution in [0.25, 0.3) is 0 Å². The van der Waals surface area contributed by atoms with Gasteiger partial charge in [-0.2, -0.15) is 0 Å². The monoisotopic (exact) mass is 358 g/mol. The Hall–Kier alpha value is -1.14. The molecule has 1 aromatic carbocycles. The fraction of sp³-hybridized carbons (Fsp3) is 0. The van der Waals surface area contributed by atoms with Crippen LogP contribution in [-0.2, 0) is 0 Å². The fourth-order valence-electron chi connectivity index (χ4n) is 1.31. The summed E-state index contributed by atoms with van der Waals surface area (Å²) in [6.07, 6.45) is 1.55. The highest BCUT2D eigenvalue weighted by molar-refractivity contribution is 14.1.